The molecule has 0 fully saturated rings. The summed E-state index contributed by atoms with van der Waals surface area (Å²) in [6.07, 6.45) is 0. The van der Waals surface area contributed by atoms with E-state index in [1.165, 1.54) is 26.4 Å². The molecule has 0 heterocycles. The van der Waals surface area contributed by atoms with Gasteiger partial charge in [0, 0.05) is 11.1 Å². The number of primary amides is 1. The second kappa shape index (κ2) is 8.25. The van der Waals surface area contributed by atoms with Crippen LogP contribution in [0.1, 0.15) is 10.4 Å². The summed E-state index contributed by atoms with van der Waals surface area (Å²) >= 11 is 5.92. The predicted molar refractivity (Wildman–Crippen MR) is 93.6 cm³/mol. The minimum atomic E-state index is -0.672. The van der Waals surface area contributed by atoms with Crippen molar-refractivity contribution < 1.29 is 23.8 Å². The van der Waals surface area contributed by atoms with Crippen molar-refractivity contribution >= 4 is 29.1 Å². The Hall–Kier alpha value is -2.93. The third kappa shape index (κ3) is 4.77. The van der Waals surface area contributed by atoms with Crippen molar-refractivity contribution in [1.82, 2.24) is 0 Å². The Kier molecular flexibility index (Phi) is 6.08. The largest absolute Gasteiger partial charge is 0.497 e. The highest BCUT2D eigenvalue weighted by atomic mass is 35.5. The van der Waals surface area contributed by atoms with Gasteiger partial charge in [-0.3, -0.25) is 9.59 Å². The van der Waals surface area contributed by atoms with Crippen molar-refractivity contribution in [2.24, 2.45) is 5.73 Å². The second-order valence-electron chi connectivity index (χ2n) is 4.91. The van der Waals surface area contributed by atoms with E-state index in [1.807, 2.05) is 0 Å². The first-order chi connectivity index (χ1) is 11.9. The molecule has 0 saturated heterocycles. The minimum Gasteiger partial charge on any atom is -0.497 e. The SMILES string of the molecule is COc1ccc(C(N)=O)c(OCC(=O)Nc2cc(Cl)ccc2OC)c1. The number of hydrogen-bond acceptors (Lipinski definition) is 5. The monoisotopic (exact) mass is 364 g/mol. The molecule has 0 bridgehead atoms. The van der Waals surface area contributed by atoms with Gasteiger partial charge >= 0.3 is 0 Å². The number of halogens is 1. The summed E-state index contributed by atoms with van der Waals surface area (Å²) in [4.78, 5) is 23.6. The summed E-state index contributed by atoms with van der Waals surface area (Å²) in [6.45, 7) is -0.344. The highest BCUT2D eigenvalue weighted by Gasteiger charge is 2.14. The van der Waals surface area contributed by atoms with E-state index in [4.69, 9.17) is 31.5 Å². The van der Waals surface area contributed by atoms with E-state index < -0.39 is 11.8 Å². The zero-order valence-electron chi connectivity index (χ0n) is 13.7. The highest BCUT2D eigenvalue weighted by molar-refractivity contribution is 6.31. The molecule has 0 aromatic heterocycles. The van der Waals surface area contributed by atoms with Crippen LogP contribution in [0, 0.1) is 0 Å². The van der Waals surface area contributed by atoms with Gasteiger partial charge in [-0.05, 0) is 30.3 Å². The number of rotatable bonds is 7. The number of amides is 2. The van der Waals surface area contributed by atoms with E-state index in [1.54, 1.807) is 24.3 Å². The summed E-state index contributed by atoms with van der Waals surface area (Å²) in [5, 5.41) is 3.07. The van der Waals surface area contributed by atoms with Gasteiger partial charge in [-0.1, -0.05) is 11.6 Å². The molecule has 0 radical (unpaired) electrons. The van der Waals surface area contributed by atoms with E-state index in [9.17, 15) is 9.59 Å². The molecule has 2 aromatic carbocycles. The van der Waals surface area contributed by atoms with Gasteiger partial charge in [0.2, 0.25) is 0 Å². The van der Waals surface area contributed by atoms with Gasteiger partial charge in [-0.2, -0.15) is 0 Å². The molecule has 0 aliphatic carbocycles. The van der Waals surface area contributed by atoms with Crippen molar-refractivity contribution in [3.63, 3.8) is 0 Å². The molecule has 132 valence electrons. The molecule has 0 aliphatic rings. The summed E-state index contributed by atoms with van der Waals surface area (Å²) in [5.41, 5.74) is 5.85. The molecule has 2 rings (SSSR count). The van der Waals surface area contributed by atoms with Gasteiger partial charge < -0.3 is 25.3 Å². The summed E-state index contributed by atoms with van der Waals surface area (Å²) in [7, 11) is 2.95. The summed E-state index contributed by atoms with van der Waals surface area (Å²) in [5.74, 6) is -0.0534. The number of carbonyl (C=O) groups excluding carboxylic acids is 2. The molecule has 2 amide bonds. The van der Waals surface area contributed by atoms with Crippen LogP contribution in [0.25, 0.3) is 0 Å². The lowest BCUT2D eigenvalue weighted by atomic mass is 10.2. The lowest BCUT2D eigenvalue weighted by Crippen LogP contribution is -2.22. The maximum Gasteiger partial charge on any atom is 0.262 e. The van der Waals surface area contributed by atoms with Gasteiger partial charge in [0.1, 0.15) is 17.2 Å². The van der Waals surface area contributed by atoms with E-state index in [-0.39, 0.29) is 17.9 Å². The van der Waals surface area contributed by atoms with Crippen LogP contribution >= 0.6 is 11.6 Å². The van der Waals surface area contributed by atoms with Crippen molar-refractivity contribution in [3.8, 4) is 17.2 Å². The topological polar surface area (TPSA) is 99.9 Å². The van der Waals surface area contributed by atoms with Crippen molar-refractivity contribution in [2.45, 2.75) is 0 Å². The number of carbonyl (C=O) groups is 2. The van der Waals surface area contributed by atoms with Gasteiger partial charge in [-0.15, -0.1) is 0 Å². The fraction of sp³-hybridized carbons (Fsp3) is 0.176. The third-order valence-electron chi connectivity index (χ3n) is 3.25. The second-order valence-corrected chi connectivity index (χ2v) is 5.34. The highest BCUT2D eigenvalue weighted by Crippen LogP contribution is 2.28. The molecule has 2 aromatic rings. The molecule has 0 unspecified atom stereocenters. The Morgan fingerprint density at radius 3 is 2.48 bits per heavy atom. The maximum atomic E-state index is 12.1. The molecule has 0 aliphatic heterocycles. The number of anilines is 1. The Morgan fingerprint density at radius 1 is 1.08 bits per heavy atom. The zero-order valence-corrected chi connectivity index (χ0v) is 14.4. The third-order valence-corrected chi connectivity index (χ3v) is 3.48. The first-order valence-corrected chi connectivity index (χ1v) is 7.56. The molecule has 7 nitrogen and oxygen atoms in total. The van der Waals surface area contributed by atoms with Crippen LogP contribution in [0.5, 0.6) is 17.2 Å². The van der Waals surface area contributed by atoms with E-state index >= 15 is 0 Å². The molecular formula is C17H17ClN2O5. The standard InChI is InChI=1S/C17H17ClN2O5/c1-23-11-4-5-12(17(19)22)15(8-11)25-9-16(21)20-13-7-10(18)3-6-14(13)24-2/h3-8H,9H2,1-2H3,(H2,19,22)(H,20,21). The zero-order chi connectivity index (χ0) is 18.4. The fourth-order valence-electron chi connectivity index (χ4n) is 2.06. The normalized spacial score (nSPS) is 10.0. The summed E-state index contributed by atoms with van der Waals surface area (Å²) < 4.78 is 15.6. The Bertz CT molecular complexity index is 795. The molecule has 8 heteroatoms. The molecule has 0 atom stereocenters. The fourth-order valence-corrected chi connectivity index (χ4v) is 2.23. The van der Waals surface area contributed by atoms with Crippen LogP contribution in [-0.4, -0.2) is 32.6 Å². The van der Waals surface area contributed by atoms with Crippen LogP contribution in [-0.2, 0) is 4.79 Å². The van der Waals surface area contributed by atoms with Crippen molar-refractivity contribution in [3.05, 3.63) is 47.0 Å². The van der Waals surface area contributed by atoms with Gasteiger partial charge in [0.15, 0.2) is 6.61 Å². The number of benzene rings is 2. The number of nitrogens with one attached hydrogen (secondary N) is 1. The van der Waals surface area contributed by atoms with E-state index in [2.05, 4.69) is 5.32 Å². The van der Waals surface area contributed by atoms with Gasteiger partial charge in [-0.25, -0.2) is 0 Å². The van der Waals surface area contributed by atoms with Crippen LogP contribution in [0.4, 0.5) is 5.69 Å². The molecule has 3 N–H and O–H groups in total. The molecule has 0 spiro atoms. The van der Waals surface area contributed by atoms with E-state index in [0.29, 0.717) is 22.2 Å². The van der Waals surface area contributed by atoms with E-state index in [0.717, 1.165) is 0 Å². The Morgan fingerprint density at radius 2 is 1.84 bits per heavy atom. The van der Waals surface area contributed by atoms with Crippen LogP contribution in [0.3, 0.4) is 0 Å². The van der Waals surface area contributed by atoms with Crippen LogP contribution in [0.2, 0.25) is 5.02 Å². The molecule has 25 heavy (non-hydrogen) atoms. The van der Waals surface area contributed by atoms with Crippen LogP contribution < -0.4 is 25.3 Å². The van der Waals surface area contributed by atoms with Crippen LogP contribution in [0.15, 0.2) is 36.4 Å². The quantitative estimate of drug-likeness (QED) is 0.786. The first-order valence-electron chi connectivity index (χ1n) is 7.18. The smallest absolute Gasteiger partial charge is 0.262 e. The van der Waals surface area contributed by atoms with Gasteiger partial charge in [0.25, 0.3) is 11.8 Å². The Labute approximate surface area is 149 Å². The predicted octanol–water partition coefficient (Wildman–Crippen LogP) is 2.47. The maximum absolute atomic E-state index is 12.1. The summed E-state index contributed by atoms with van der Waals surface area (Å²) in [6, 6.07) is 9.35. The average Bonchev–Trinajstić information content (AvgIpc) is 2.59. The first kappa shape index (κ1) is 18.4. The van der Waals surface area contributed by atoms with Crippen molar-refractivity contribution in [1.29, 1.82) is 0 Å². The lowest BCUT2D eigenvalue weighted by Gasteiger charge is -2.13. The number of hydrogen-bond donors (Lipinski definition) is 2. The molecule has 0 saturated carbocycles. The number of ether oxygens (including phenoxy) is 3. The van der Waals surface area contributed by atoms with Gasteiger partial charge in [0.05, 0.1) is 25.5 Å². The number of methoxy groups -OCH3 is 2. The lowest BCUT2D eigenvalue weighted by molar-refractivity contribution is -0.118. The van der Waals surface area contributed by atoms with Crippen molar-refractivity contribution in [2.75, 3.05) is 26.1 Å². The minimum absolute atomic E-state index is 0.147. The number of nitrogens with two attached hydrogens (primary N) is 1. The molecular weight excluding hydrogens is 348 g/mol. The average molecular weight is 365 g/mol. The Balaban J connectivity index is 2.10.